The van der Waals surface area contributed by atoms with Gasteiger partial charge in [0, 0.05) is 12.4 Å². The monoisotopic (exact) mass is 308 g/mol. The SMILES string of the molecule is COc1ccc(C(=O)O)cc1S(=O)(=O)Cc1ncccn1. The fourth-order valence-electron chi connectivity index (χ4n) is 1.70. The predicted molar refractivity (Wildman–Crippen MR) is 72.9 cm³/mol. The van der Waals surface area contributed by atoms with E-state index >= 15 is 0 Å². The Bertz CT molecular complexity index is 759. The molecule has 0 bridgehead atoms. The standard InChI is InChI=1S/C13H12N2O5S/c1-20-10-4-3-9(13(16)17)7-11(10)21(18,19)8-12-14-5-2-6-15-12/h2-7H,8H2,1H3,(H,16,17). The van der Waals surface area contributed by atoms with Crippen LogP contribution in [0.4, 0.5) is 0 Å². The molecule has 0 aliphatic carbocycles. The zero-order valence-corrected chi connectivity index (χ0v) is 11.9. The maximum atomic E-state index is 12.4. The van der Waals surface area contributed by atoms with E-state index in [0.29, 0.717) is 0 Å². The van der Waals surface area contributed by atoms with Crippen LogP contribution >= 0.6 is 0 Å². The summed E-state index contributed by atoms with van der Waals surface area (Å²) in [5, 5.41) is 8.97. The van der Waals surface area contributed by atoms with Crippen molar-refractivity contribution in [3.63, 3.8) is 0 Å². The predicted octanol–water partition coefficient (Wildman–Crippen LogP) is 1.16. The summed E-state index contributed by atoms with van der Waals surface area (Å²) in [4.78, 5) is 18.5. The van der Waals surface area contributed by atoms with Gasteiger partial charge in [-0.1, -0.05) is 0 Å². The van der Waals surface area contributed by atoms with Gasteiger partial charge in [-0.25, -0.2) is 23.2 Å². The molecule has 1 aromatic carbocycles. The van der Waals surface area contributed by atoms with Crippen LogP contribution in [-0.4, -0.2) is 36.6 Å². The van der Waals surface area contributed by atoms with Gasteiger partial charge in [0.25, 0.3) is 0 Å². The summed E-state index contributed by atoms with van der Waals surface area (Å²) in [6.45, 7) is 0. The Morgan fingerprint density at radius 3 is 2.52 bits per heavy atom. The van der Waals surface area contributed by atoms with Crippen LogP contribution in [0.25, 0.3) is 0 Å². The van der Waals surface area contributed by atoms with Gasteiger partial charge in [0.2, 0.25) is 0 Å². The number of nitrogens with zero attached hydrogens (tertiary/aromatic N) is 2. The molecule has 0 saturated heterocycles. The first-order chi connectivity index (χ1) is 9.94. The maximum Gasteiger partial charge on any atom is 0.335 e. The van der Waals surface area contributed by atoms with Gasteiger partial charge in [0.05, 0.1) is 12.7 Å². The molecule has 0 saturated carbocycles. The van der Waals surface area contributed by atoms with Crippen molar-refractivity contribution in [3.05, 3.63) is 48.0 Å². The van der Waals surface area contributed by atoms with Gasteiger partial charge in [0.1, 0.15) is 22.2 Å². The van der Waals surface area contributed by atoms with E-state index in [9.17, 15) is 13.2 Å². The van der Waals surface area contributed by atoms with Gasteiger partial charge in [-0.2, -0.15) is 0 Å². The topological polar surface area (TPSA) is 106 Å². The summed E-state index contributed by atoms with van der Waals surface area (Å²) in [5.41, 5.74) is -0.136. The van der Waals surface area contributed by atoms with Crippen molar-refractivity contribution in [2.75, 3.05) is 7.11 Å². The van der Waals surface area contributed by atoms with Gasteiger partial charge in [-0.15, -0.1) is 0 Å². The van der Waals surface area contributed by atoms with Crippen LogP contribution in [0.15, 0.2) is 41.6 Å². The molecule has 0 atom stereocenters. The molecule has 1 N–H and O–H groups in total. The second-order valence-electron chi connectivity index (χ2n) is 4.09. The van der Waals surface area contributed by atoms with E-state index in [1.807, 2.05) is 0 Å². The number of hydrogen-bond donors (Lipinski definition) is 1. The third-order valence-corrected chi connectivity index (χ3v) is 4.31. The molecular formula is C13H12N2O5S. The number of hydrogen-bond acceptors (Lipinski definition) is 6. The van der Waals surface area contributed by atoms with Gasteiger partial charge in [0.15, 0.2) is 9.84 Å². The number of sulfone groups is 1. The summed E-state index contributed by atoms with van der Waals surface area (Å²) in [6.07, 6.45) is 2.87. The van der Waals surface area contributed by atoms with Crippen molar-refractivity contribution in [2.45, 2.75) is 10.6 Å². The van der Waals surface area contributed by atoms with Crippen LogP contribution in [0.3, 0.4) is 0 Å². The number of ether oxygens (including phenoxy) is 1. The molecule has 2 aromatic rings. The zero-order valence-electron chi connectivity index (χ0n) is 11.1. The Hall–Kier alpha value is -2.48. The van der Waals surface area contributed by atoms with E-state index in [0.717, 1.165) is 6.07 Å². The van der Waals surface area contributed by atoms with Crippen LogP contribution < -0.4 is 4.74 Å². The van der Waals surface area contributed by atoms with Crippen LogP contribution in [0.2, 0.25) is 0 Å². The number of benzene rings is 1. The normalized spacial score (nSPS) is 11.1. The third-order valence-electron chi connectivity index (χ3n) is 2.68. The van der Waals surface area contributed by atoms with Gasteiger partial charge in [-0.05, 0) is 24.3 Å². The van der Waals surface area contributed by atoms with Gasteiger partial charge in [-0.3, -0.25) is 0 Å². The molecule has 0 spiro atoms. The van der Waals surface area contributed by atoms with E-state index in [2.05, 4.69) is 9.97 Å². The van der Waals surface area contributed by atoms with Crippen molar-refractivity contribution < 1.29 is 23.1 Å². The van der Waals surface area contributed by atoms with Crippen LogP contribution in [0.1, 0.15) is 16.2 Å². The maximum absolute atomic E-state index is 12.4. The third kappa shape index (κ3) is 3.34. The summed E-state index contributed by atoms with van der Waals surface area (Å²) in [5.74, 6) is -1.45. The highest BCUT2D eigenvalue weighted by molar-refractivity contribution is 7.90. The van der Waals surface area contributed by atoms with Gasteiger partial charge >= 0.3 is 5.97 Å². The summed E-state index contributed by atoms with van der Waals surface area (Å²) < 4.78 is 29.8. The molecule has 7 nitrogen and oxygen atoms in total. The molecule has 0 aliphatic rings. The number of methoxy groups -OCH3 is 1. The van der Waals surface area contributed by atoms with Crippen molar-refractivity contribution in [1.82, 2.24) is 9.97 Å². The van der Waals surface area contributed by atoms with Crippen molar-refractivity contribution in [2.24, 2.45) is 0 Å². The van der Waals surface area contributed by atoms with Crippen LogP contribution in [0, 0.1) is 0 Å². The molecule has 110 valence electrons. The zero-order chi connectivity index (χ0) is 15.5. The molecule has 0 unspecified atom stereocenters. The van der Waals surface area contributed by atoms with Crippen molar-refractivity contribution in [1.29, 1.82) is 0 Å². The second-order valence-corrected chi connectivity index (χ2v) is 6.05. The van der Waals surface area contributed by atoms with Crippen molar-refractivity contribution >= 4 is 15.8 Å². The average Bonchev–Trinajstić information content (AvgIpc) is 2.47. The summed E-state index contributed by atoms with van der Waals surface area (Å²) in [6, 6.07) is 5.22. The number of carboxylic acid groups (broad SMARTS) is 1. The Morgan fingerprint density at radius 1 is 1.29 bits per heavy atom. The lowest BCUT2D eigenvalue weighted by atomic mass is 10.2. The van der Waals surface area contributed by atoms with E-state index < -0.39 is 21.6 Å². The van der Waals surface area contributed by atoms with Crippen LogP contribution in [0.5, 0.6) is 5.75 Å². The lowest BCUT2D eigenvalue weighted by Crippen LogP contribution is -2.10. The quantitative estimate of drug-likeness (QED) is 0.883. The largest absolute Gasteiger partial charge is 0.495 e. The molecule has 0 amide bonds. The van der Waals surface area contributed by atoms with E-state index in [-0.39, 0.29) is 22.0 Å². The molecule has 1 heterocycles. The van der Waals surface area contributed by atoms with Gasteiger partial charge < -0.3 is 9.84 Å². The summed E-state index contributed by atoms with van der Waals surface area (Å²) >= 11 is 0. The molecule has 0 fully saturated rings. The highest BCUT2D eigenvalue weighted by Crippen LogP contribution is 2.27. The Balaban J connectivity index is 2.48. The Labute approximate surface area is 121 Å². The average molecular weight is 308 g/mol. The highest BCUT2D eigenvalue weighted by atomic mass is 32.2. The fourth-order valence-corrected chi connectivity index (χ4v) is 3.11. The first kappa shape index (κ1) is 14.9. The minimum atomic E-state index is -3.83. The number of carboxylic acids is 1. The molecular weight excluding hydrogens is 296 g/mol. The molecule has 8 heteroatoms. The van der Waals surface area contributed by atoms with E-state index in [4.69, 9.17) is 9.84 Å². The number of aromatic carboxylic acids is 1. The van der Waals surface area contributed by atoms with Crippen molar-refractivity contribution in [3.8, 4) is 5.75 Å². The molecule has 0 aliphatic heterocycles. The lowest BCUT2D eigenvalue weighted by molar-refractivity contribution is 0.0696. The first-order valence-corrected chi connectivity index (χ1v) is 7.49. The molecule has 21 heavy (non-hydrogen) atoms. The second kappa shape index (κ2) is 5.88. The minimum Gasteiger partial charge on any atom is -0.495 e. The van der Waals surface area contributed by atoms with Crippen LogP contribution in [-0.2, 0) is 15.6 Å². The Kier molecular flexibility index (Phi) is 4.18. The lowest BCUT2D eigenvalue weighted by Gasteiger charge is -2.10. The first-order valence-electron chi connectivity index (χ1n) is 5.84. The fraction of sp³-hybridized carbons (Fsp3) is 0.154. The highest BCUT2D eigenvalue weighted by Gasteiger charge is 2.23. The Morgan fingerprint density at radius 2 is 1.95 bits per heavy atom. The minimum absolute atomic E-state index is 0.0796. The smallest absolute Gasteiger partial charge is 0.335 e. The van der Waals surface area contributed by atoms with E-state index in [1.54, 1.807) is 6.07 Å². The number of rotatable bonds is 5. The van der Waals surface area contributed by atoms with E-state index in [1.165, 1.54) is 31.6 Å². The summed E-state index contributed by atoms with van der Waals surface area (Å²) in [7, 11) is -2.51. The molecule has 0 radical (unpaired) electrons. The number of aromatic nitrogens is 2. The molecule has 1 aromatic heterocycles. The molecule has 2 rings (SSSR count). The number of carbonyl (C=O) groups is 1.